The first kappa shape index (κ1) is 14.5. The molecular weight excluding hydrogens is 230 g/mol. The monoisotopic (exact) mass is 251 g/mol. The highest BCUT2D eigenvalue weighted by molar-refractivity contribution is 5.68. The molecule has 18 heavy (non-hydrogen) atoms. The zero-order chi connectivity index (χ0) is 13.8. The van der Waals surface area contributed by atoms with Gasteiger partial charge >= 0.3 is 5.97 Å². The number of aliphatic carboxylic acids is 1. The van der Waals surface area contributed by atoms with Gasteiger partial charge in [-0.25, -0.2) is 0 Å². The van der Waals surface area contributed by atoms with Crippen LogP contribution in [0.4, 0.5) is 0 Å². The van der Waals surface area contributed by atoms with Crippen LogP contribution in [0.25, 0.3) is 0 Å². The van der Waals surface area contributed by atoms with Crippen molar-refractivity contribution < 1.29 is 14.6 Å². The van der Waals surface area contributed by atoms with E-state index in [-0.39, 0.29) is 12.3 Å². The average molecular weight is 251 g/mol. The molecule has 0 aliphatic rings. The van der Waals surface area contributed by atoms with Crippen molar-refractivity contribution in [2.45, 2.75) is 38.6 Å². The van der Waals surface area contributed by atoms with Gasteiger partial charge in [-0.2, -0.15) is 0 Å². The van der Waals surface area contributed by atoms with Crippen LogP contribution in [0.5, 0.6) is 5.75 Å². The number of hydrogen-bond donors (Lipinski definition) is 2. The van der Waals surface area contributed by atoms with E-state index in [1.807, 2.05) is 45.0 Å². The maximum atomic E-state index is 11.0. The van der Waals surface area contributed by atoms with E-state index < -0.39 is 11.5 Å². The molecule has 0 amide bonds. The largest absolute Gasteiger partial charge is 0.494 e. The summed E-state index contributed by atoms with van der Waals surface area (Å²) in [7, 11) is 0. The Morgan fingerprint density at radius 2 is 2.06 bits per heavy atom. The molecule has 1 rings (SSSR count). The Morgan fingerprint density at radius 3 is 2.56 bits per heavy atom. The summed E-state index contributed by atoms with van der Waals surface area (Å²) < 4.78 is 5.55. The van der Waals surface area contributed by atoms with E-state index in [0.717, 1.165) is 5.56 Å². The van der Waals surface area contributed by atoms with Crippen molar-refractivity contribution in [2.75, 3.05) is 6.61 Å². The van der Waals surface area contributed by atoms with Crippen LogP contribution >= 0.6 is 0 Å². The molecule has 4 nitrogen and oxygen atoms in total. The number of rotatable bonds is 6. The van der Waals surface area contributed by atoms with E-state index in [2.05, 4.69) is 0 Å². The predicted octanol–water partition coefficient (Wildman–Crippen LogP) is 2.38. The van der Waals surface area contributed by atoms with Gasteiger partial charge in [0.1, 0.15) is 5.75 Å². The van der Waals surface area contributed by atoms with Gasteiger partial charge in [-0.3, -0.25) is 4.79 Å². The molecule has 1 aromatic carbocycles. The molecule has 0 aliphatic carbocycles. The molecule has 0 heterocycles. The van der Waals surface area contributed by atoms with Gasteiger partial charge in [0, 0.05) is 11.5 Å². The highest BCUT2D eigenvalue weighted by atomic mass is 16.5. The zero-order valence-corrected chi connectivity index (χ0v) is 11.1. The topological polar surface area (TPSA) is 72.5 Å². The molecule has 1 aromatic rings. The van der Waals surface area contributed by atoms with Crippen LogP contribution in [-0.2, 0) is 4.79 Å². The van der Waals surface area contributed by atoms with Crippen LogP contribution in [0.3, 0.4) is 0 Å². The van der Waals surface area contributed by atoms with Crippen LogP contribution in [0.2, 0.25) is 0 Å². The Bertz CT molecular complexity index is 410. The third kappa shape index (κ3) is 3.74. The molecule has 0 saturated heterocycles. The summed E-state index contributed by atoms with van der Waals surface area (Å²) in [5.41, 5.74) is 6.34. The van der Waals surface area contributed by atoms with E-state index in [1.165, 1.54) is 0 Å². The zero-order valence-electron chi connectivity index (χ0n) is 11.1. The molecule has 1 atom stereocenters. The number of carbonyl (C=O) groups is 1. The van der Waals surface area contributed by atoms with Crippen molar-refractivity contribution in [3.63, 3.8) is 0 Å². The number of carboxylic acids is 1. The molecule has 0 saturated carbocycles. The van der Waals surface area contributed by atoms with Crippen LogP contribution in [0, 0.1) is 0 Å². The summed E-state index contributed by atoms with van der Waals surface area (Å²) in [6.07, 6.45) is -0.00636. The molecule has 0 bridgehead atoms. The fourth-order valence-electron chi connectivity index (χ4n) is 2.00. The molecule has 0 aliphatic heterocycles. The van der Waals surface area contributed by atoms with Crippen molar-refractivity contribution in [1.82, 2.24) is 0 Å². The Morgan fingerprint density at radius 1 is 1.44 bits per heavy atom. The molecule has 0 aromatic heterocycles. The summed E-state index contributed by atoms with van der Waals surface area (Å²) in [5, 5.41) is 9.03. The first-order valence-corrected chi connectivity index (χ1v) is 6.08. The van der Waals surface area contributed by atoms with Crippen LogP contribution < -0.4 is 10.5 Å². The molecule has 4 heteroatoms. The molecule has 3 N–H and O–H groups in total. The van der Waals surface area contributed by atoms with Crippen molar-refractivity contribution in [3.05, 3.63) is 29.8 Å². The number of hydrogen-bond acceptors (Lipinski definition) is 3. The Balaban J connectivity index is 3.16. The quantitative estimate of drug-likeness (QED) is 0.814. The lowest BCUT2D eigenvalue weighted by atomic mass is 9.80. The minimum absolute atomic E-state index is 0.00636. The Hall–Kier alpha value is -1.55. The highest BCUT2D eigenvalue weighted by Crippen LogP contribution is 2.35. The maximum Gasteiger partial charge on any atom is 0.304 e. The minimum atomic E-state index is -0.857. The Labute approximate surface area is 108 Å². The summed E-state index contributed by atoms with van der Waals surface area (Å²) in [6.45, 7) is 6.12. The average Bonchev–Trinajstić information content (AvgIpc) is 2.26. The number of carboxylic acid groups (broad SMARTS) is 1. The van der Waals surface area contributed by atoms with E-state index in [0.29, 0.717) is 12.4 Å². The normalized spacial score (nSPS) is 13.1. The second kappa shape index (κ2) is 5.87. The smallest absolute Gasteiger partial charge is 0.304 e. The van der Waals surface area contributed by atoms with Crippen molar-refractivity contribution >= 4 is 5.97 Å². The Kier molecular flexibility index (Phi) is 4.73. The maximum absolute atomic E-state index is 11.0. The summed E-state index contributed by atoms with van der Waals surface area (Å²) >= 11 is 0. The third-order valence-electron chi connectivity index (χ3n) is 2.87. The van der Waals surface area contributed by atoms with Gasteiger partial charge in [0.05, 0.1) is 13.0 Å². The molecule has 0 spiro atoms. The van der Waals surface area contributed by atoms with Crippen LogP contribution in [0.1, 0.15) is 38.7 Å². The minimum Gasteiger partial charge on any atom is -0.494 e. The predicted molar refractivity (Wildman–Crippen MR) is 70.9 cm³/mol. The number of ether oxygens (including phenoxy) is 1. The van der Waals surface area contributed by atoms with E-state index in [9.17, 15) is 4.79 Å². The first-order valence-electron chi connectivity index (χ1n) is 6.08. The fraction of sp³-hybridized carbons (Fsp3) is 0.500. The molecule has 0 fully saturated rings. The van der Waals surface area contributed by atoms with E-state index in [4.69, 9.17) is 15.6 Å². The third-order valence-corrected chi connectivity index (χ3v) is 2.87. The second-order valence-electron chi connectivity index (χ2n) is 4.94. The van der Waals surface area contributed by atoms with Crippen LogP contribution in [-0.4, -0.2) is 23.2 Å². The van der Waals surface area contributed by atoms with Gasteiger partial charge in [-0.15, -0.1) is 0 Å². The van der Waals surface area contributed by atoms with Crippen molar-refractivity contribution in [3.8, 4) is 5.75 Å². The fourth-order valence-corrected chi connectivity index (χ4v) is 2.00. The lowest BCUT2D eigenvalue weighted by molar-refractivity contribution is -0.137. The number of nitrogens with two attached hydrogens (primary N) is 1. The standard InChI is InChI=1S/C14H21NO3/c1-4-18-12-8-6-5-7-10(12)11(9-13(16)17)14(2,3)15/h5-8,11H,4,9,15H2,1-3H3,(H,16,17). The molecular formula is C14H21NO3. The van der Waals surface area contributed by atoms with Gasteiger partial charge in [0.2, 0.25) is 0 Å². The summed E-state index contributed by atoms with van der Waals surface area (Å²) in [5.74, 6) is -0.424. The molecule has 1 unspecified atom stereocenters. The van der Waals surface area contributed by atoms with Gasteiger partial charge in [0.25, 0.3) is 0 Å². The van der Waals surface area contributed by atoms with Gasteiger partial charge in [-0.1, -0.05) is 18.2 Å². The summed E-state index contributed by atoms with van der Waals surface area (Å²) in [4.78, 5) is 11.0. The molecule has 100 valence electrons. The lowest BCUT2D eigenvalue weighted by Crippen LogP contribution is -2.40. The first-order chi connectivity index (χ1) is 8.36. The summed E-state index contributed by atoms with van der Waals surface area (Å²) in [6, 6.07) is 7.47. The second-order valence-corrected chi connectivity index (χ2v) is 4.94. The number of benzene rings is 1. The van der Waals surface area contributed by atoms with E-state index >= 15 is 0 Å². The lowest BCUT2D eigenvalue weighted by Gasteiger charge is -2.31. The molecule has 0 radical (unpaired) electrons. The van der Waals surface area contributed by atoms with Gasteiger partial charge in [-0.05, 0) is 32.4 Å². The van der Waals surface area contributed by atoms with Crippen molar-refractivity contribution in [1.29, 1.82) is 0 Å². The van der Waals surface area contributed by atoms with Gasteiger partial charge in [0.15, 0.2) is 0 Å². The van der Waals surface area contributed by atoms with E-state index in [1.54, 1.807) is 0 Å². The SMILES string of the molecule is CCOc1ccccc1C(CC(=O)O)C(C)(C)N. The van der Waals surface area contributed by atoms with Gasteiger partial charge < -0.3 is 15.6 Å². The highest BCUT2D eigenvalue weighted by Gasteiger charge is 2.31. The number of para-hydroxylation sites is 1. The van der Waals surface area contributed by atoms with Crippen molar-refractivity contribution in [2.24, 2.45) is 5.73 Å². The van der Waals surface area contributed by atoms with Crippen LogP contribution in [0.15, 0.2) is 24.3 Å².